The first-order chi connectivity index (χ1) is 17.6. The Balaban J connectivity index is 1.09. The fraction of sp³-hybridized carbons (Fsp3) is 0.400. The highest BCUT2D eigenvalue weighted by Gasteiger charge is 2.41. The SMILES string of the molecule is C[C@]1(COc2ccc(N3CCC(Oc4ccc(C(F)(F)F)cc4)CC3)cc2)Cn2cc([N+](=O)[O-])nc2O1. The normalized spacial score (nSPS) is 19.8. The van der Waals surface area contributed by atoms with Gasteiger partial charge in [0.15, 0.2) is 5.60 Å². The van der Waals surface area contributed by atoms with Crippen molar-refractivity contribution in [2.24, 2.45) is 0 Å². The quantitative estimate of drug-likeness (QED) is 0.318. The molecule has 0 aliphatic carbocycles. The van der Waals surface area contributed by atoms with Gasteiger partial charge in [-0.1, -0.05) is 0 Å². The molecule has 1 fully saturated rings. The number of halogens is 3. The Bertz CT molecular complexity index is 1230. The monoisotopic (exact) mass is 518 g/mol. The molecular weight excluding hydrogens is 493 g/mol. The van der Waals surface area contributed by atoms with Crippen LogP contribution in [0.1, 0.15) is 25.3 Å². The lowest BCUT2D eigenvalue weighted by Gasteiger charge is -2.34. The first-order valence-corrected chi connectivity index (χ1v) is 11.8. The maximum absolute atomic E-state index is 12.7. The largest absolute Gasteiger partial charge is 0.490 e. The predicted octanol–water partition coefficient (Wildman–Crippen LogP) is 5.09. The van der Waals surface area contributed by atoms with Gasteiger partial charge in [-0.15, -0.1) is 0 Å². The summed E-state index contributed by atoms with van der Waals surface area (Å²) in [5.41, 5.74) is -0.341. The third-order valence-corrected chi connectivity index (χ3v) is 6.43. The van der Waals surface area contributed by atoms with Gasteiger partial charge in [-0.25, -0.2) is 0 Å². The van der Waals surface area contributed by atoms with E-state index in [1.807, 2.05) is 31.2 Å². The molecular formula is C25H25F3N4O5. The molecule has 2 aliphatic rings. The Kier molecular flexibility index (Phi) is 6.34. The third-order valence-electron chi connectivity index (χ3n) is 6.43. The number of hydrogen-bond donors (Lipinski definition) is 0. The van der Waals surface area contributed by atoms with Gasteiger partial charge in [0, 0.05) is 36.6 Å². The van der Waals surface area contributed by atoms with Gasteiger partial charge in [0.05, 0.1) is 12.1 Å². The van der Waals surface area contributed by atoms with Crippen LogP contribution in [0.4, 0.5) is 24.7 Å². The average Bonchev–Trinajstić information content (AvgIpc) is 3.39. The summed E-state index contributed by atoms with van der Waals surface area (Å²) in [6.45, 7) is 4.02. The van der Waals surface area contributed by atoms with Crippen LogP contribution in [0.2, 0.25) is 0 Å². The number of alkyl halides is 3. The van der Waals surface area contributed by atoms with E-state index in [1.54, 1.807) is 4.57 Å². The second-order valence-electron chi connectivity index (χ2n) is 9.43. The lowest BCUT2D eigenvalue weighted by atomic mass is 10.1. The summed E-state index contributed by atoms with van der Waals surface area (Å²) in [5.74, 6) is 0.864. The number of nitro groups is 1. The van der Waals surface area contributed by atoms with Gasteiger partial charge in [0.1, 0.15) is 30.4 Å². The van der Waals surface area contributed by atoms with Crippen LogP contribution < -0.4 is 19.1 Å². The maximum Gasteiger partial charge on any atom is 0.416 e. The van der Waals surface area contributed by atoms with Crippen molar-refractivity contribution in [1.82, 2.24) is 9.55 Å². The minimum absolute atomic E-state index is 0.0566. The van der Waals surface area contributed by atoms with Crippen molar-refractivity contribution in [3.63, 3.8) is 0 Å². The van der Waals surface area contributed by atoms with Crippen molar-refractivity contribution in [3.8, 4) is 17.5 Å². The fourth-order valence-corrected chi connectivity index (χ4v) is 4.49. The van der Waals surface area contributed by atoms with Crippen LogP contribution in [-0.2, 0) is 12.7 Å². The molecule has 0 bridgehead atoms. The van der Waals surface area contributed by atoms with E-state index in [1.165, 1.54) is 18.3 Å². The molecule has 1 saturated heterocycles. The van der Waals surface area contributed by atoms with Gasteiger partial charge in [-0.2, -0.15) is 13.2 Å². The third kappa shape index (κ3) is 5.57. The van der Waals surface area contributed by atoms with E-state index in [4.69, 9.17) is 14.2 Å². The number of fused-ring (bicyclic) bond motifs is 1. The minimum atomic E-state index is -4.36. The molecule has 0 spiro atoms. The molecule has 1 atom stereocenters. The second-order valence-corrected chi connectivity index (χ2v) is 9.43. The maximum atomic E-state index is 12.7. The van der Waals surface area contributed by atoms with E-state index in [0.29, 0.717) is 18.0 Å². The van der Waals surface area contributed by atoms with Crippen LogP contribution in [0, 0.1) is 10.1 Å². The highest BCUT2D eigenvalue weighted by molar-refractivity contribution is 5.49. The van der Waals surface area contributed by atoms with Gasteiger partial charge in [-0.05, 0) is 60.4 Å². The van der Waals surface area contributed by atoms with Crippen LogP contribution in [0.15, 0.2) is 54.7 Å². The first-order valence-electron chi connectivity index (χ1n) is 11.8. The summed E-state index contributed by atoms with van der Waals surface area (Å²) >= 11 is 0. The number of aromatic nitrogens is 2. The number of rotatable bonds is 7. The zero-order valence-corrected chi connectivity index (χ0v) is 20.0. The van der Waals surface area contributed by atoms with E-state index in [-0.39, 0.29) is 24.5 Å². The number of ether oxygens (including phenoxy) is 3. The Hall–Kier alpha value is -3.96. The molecule has 0 amide bonds. The number of imidazole rings is 1. The van der Waals surface area contributed by atoms with Crippen molar-refractivity contribution in [3.05, 3.63) is 70.4 Å². The average molecular weight is 518 g/mol. The molecule has 0 saturated carbocycles. The van der Waals surface area contributed by atoms with E-state index in [9.17, 15) is 23.3 Å². The lowest BCUT2D eigenvalue weighted by Crippen LogP contribution is -2.38. The highest BCUT2D eigenvalue weighted by atomic mass is 19.4. The summed E-state index contributed by atoms with van der Waals surface area (Å²) < 4.78 is 57.4. The van der Waals surface area contributed by atoms with Crippen molar-refractivity contribution < 1.29 is 32.3 Å². The second kappa shape index (κ2) is 9.49. The van der Waals surface area contributed by atoms with Crippen molar-refractivity contribution in [2.75, 3.05) is 24.6 Å². The fourth-order valence-electron chi connectivity index (χ4n) is 4.49. The number of nitrogens with zero attached hydrogens (tertiary/aromatic N) is 4. The minimum Gasteiger partial charge on any atom is -0.490 e. The van der Waals surface area contributed by atoms with Crippen LogP contribution in [0.25, 0.3) is 0 Å². The van der Waals surface area contributed by atoms with E-state index >= 15 is 0 Å². The lowest BCUT2D eigenvalue weighted by molar-refractivity contribution is -0.389. The zero-order valence-electron chi connectivity index (χ0n) is 20.0. The molecule has 2 aromatic carbocycles. The van der Waals surface area contributed by atoms with Gasteiger partial charge in [-0.3, -0.25) is 4.57 Å². The summed E-state index contributed by atoms with van der Waals surface area (Å²) in [4.78, 5) is 16.4. The summed E-state index contributed by atoms with van der Waals surface area (Å²) in [6.07, 6.45) is -1.56. The van der Waals surface area contributed by atoms with Crippen LogP contribution >= 0.6 is 0 Å². The summed E-state index contributed by atoms with van der Waals surface area (Å²) in [6, 6.07) is 12.7. The topological polar surface area (TPSA) is 91.9 Å². The predicted molar refractivity (Wildman–Crippen MR) is 127 cm³/mol. The van der Waals surface area contributed by atoms with Crippen LogP contribution in [0.5, 0.6) is 17.5 Å². The number of hydrogen-bond acceptors (Lipinski definition) is 7. The molecule has 37 heavy (non-hydrogen) atoms. The van der Waals surface area contributed by atoms with Crippen molar-refractivity contribution in [1.29, 1.82) is 0 Å². The molecule has 3 heterocycles. The molecule has 3 aromatic rings. The smallest absolute Gasteiger partial charge is 0.416 e. The van der Waals surface area contributed by atoms with E-state index in [0.717, 1.165) is 43.8 Å². The van der Waals surface area contributed by atoms with E-state index < -0.39 is 22.3 Å². The van der Waals surface area contributed by atoms with Gasteiger partial charge >= 0.3 is 18.0 Å². The Labute approximate surface area is 210 Å². The Morgan fingerprint density at radius 3 is 2.35 bits per heavy atom. The van der Waals surface area contributed by atoms with Crippen LogP contribution in [0.3, 0.4) is 0 Å². The van der Waals surface area contributed by atoms with Gasteiger partial charge < -0.3 is 29.2 Å². The van der Waals surface area contributed by atoms with Crippen molar-refractivity contribution >= 4 is 11.5 Å². The van der Waals surface area contributed by atoms with Crippen LogP contribution in [-0.4, -0.2) is 45.9 Å². The molecule has 0 unspecified atom stereocenters. The van der Waals surface area contributed by atoms with Crippen molar-refractivity contribution in [2.45, 2.75) is 44.2 Å². The van der Waals surface area contributed by atoms with Gasteiger partial charge in [0.25, 0.3) is 0 Å². The summed E-state index contributed by atoms with van der Waals surface area (Å²) in [5, 5.41) is 10.9. The first kappa shape index (κ1) is 24.7. The Morgan fingerprint density at radius 2 is 1.76 bits per heavy atom. The molecule has 5 rings (SSSR count). The molecule has 2 aliphatic heterocycles. The molecule has 1 aromatic heterocycles. The number of piperidine rings is 1. The van der Waals surface area contributed by atoms with E-state index in [2.05, 4.69) is 9.88 Å². The molecule has 196 valence electrons. The standard InChI is InChI=1S/C25H25F3N4O5/c1-24(15-31-14-22(32(33)34)29-23(31)37-24)16-35-19-8-4-18(5-9-19)30-12-10-21(11-13-30)36-20-6-2-17(3-7-20)25(26,27)28/h2-9,14,21H,10-13,15-16H2,1H3/t24-/m1/s1. The zero-order chi connectivity index (χ0) is 26.2. The molecule has 9 nitrogen and oxygen atoms in total. The molecule has 12 heteroatoms. The molecule has 0 radical (unpaired) electrons. The van der Waals surface area contributed by atoms with Gasteiger partial charge in [0.2, 0.25) is 0 Å². The Morgan fingerprint density at radius 1 is 1.11 bits per heavy atom. The highest BCUT2D eigenvalue weighted by Crippen LogP contribution is 2.33. The number of anilines is 1. The number of benzene rings is 2. The molecule has 0 N–H and O–H groups in total. The summed E-state index contributed by atoms with van der Waals surface area (Å²) in [7, 11) is 0.